The Morgan fingerprint density at radius 2 is 2.47 bits per heavy atom. The number of aromatic nitrogens is 1. The van der Waals surface area contributed by atoms with Gasteiger partial charge in [-0.3, -0.25) is 9.78 Å². The van der Waals surface area contributed by atoms with Gasteiger partial charge < -0.3 is 10.4 Å². The molecule has 0 spiro atoms. The number of aliphatic hydroxyl groups is 1. The van der Waals surface area contributed by atoms with Gasteiger partial charge in [0.25, 0.3) is 5.91 Å². The van der Waals surface area contributed by atoms with Crippen molar-refractivity contribution in [1.29, 1.82) is 0 Å². The van der Waals surface area contributed by atoms with Gasteiger partial charge in [-0.15, -0.1) is 0 Å². The zero-order valence-electron chi connectivity index (χ0n) is 11.0. The number of rotatable bonds is 4. The topological polar surface area (TPSA) is 62.2 Å². The number of aliphatic hydroxyl groups excluding tert-OH is 1. The maximum absolute atomic E-state index is 12.2. The van der Waals surface area contributed by atoms with Crippen molar-refractivity contribution in [1.82, 2.24) is 10.3 Å². The molecule has 1 aromatic rings. The van der Waals surface area contributed by atoms with Crippen molar-refractivity contribution in [3.8, 4) is 11.8 Å². The second-order valence-corrected chi connectivity index (χ2v) is 4.75. The standard InChI is InChI=1S/C15H18N2O2/c1-2-4-11-9-14(11)17-15(19)13-6-7-16-10-12(13)5-3-8-18/h6-7,10-11,14,18H,2,4,8-9H2,1H3,(H,17,19). The number of hydrogen-bond acceptors (Lipinski definition) is 3. The van der Waals surface area contributed by atoms with Crippen LogP contribution in [0.25, 0.3) is 0 Å². The molecule has 4 nitrogen and oxygen atoms in total. The quantitative estimate of drug-likeness (QED) is 0.801. The molecule has 1 saturated carbocycles. The molecule has 1 aliphatic carbocycles. The van der Waals surface area contributed by atoms with Gasteiger partial charge in [-0.05, 0) is 24.8 Å². The molecule has 2 unspecified atom stereocenters. The van der Waals surface area contributed by atoms with Crippen molar-refractivity contribution in [3.63, 3.8) is 0 Å². The van der Waals surface area contributed by atoms with Gasteiger partial charge in [-0.2, -0.15) is 0 Å². The highest BCUT2D eigenvalue weighted by molar-refractivity contribution is 5.96. The van der Waals surface area contributed by atoms with E-state index in [-0.39, 0.29) is 12.5 Å². The maximum Gasteiger partial charge on any atom is 0.252 e. The van der Waals surface area contributed by atoms with Crippen molar-refractivity contribution in [2.75, 3.05) is 6.61 Å². The van der Waals surface area contributed by atoms with Crippen LogP contribution in [-0.2, 0) is 0 Å². The molecule has 0 saturated heterocycles. The number of nitrogens with one attached hydrogen (secondary N) is 1. The molecule has 2 N–H and O–H groups in total. The number of carbonyl (C=O) groups excluding carboxylic acids is 1. The van der Waals surface area contributed by atoms with E-state index in [1.807, 2.05) is 0 Å². The van der Waals surface area contributed by atoms with E-state index in [9.17, 15) is 4.79 Å². The number of amides is 1. The highest BCUT2D eigenvalue weighted by Crippen LogP contribution is 2.34. The fourth-order valence-corrected chi connectivity index (χ4v) is 2.19. The Morgan fingerprint density at radius 1 is 1.63 bits per heavy atom. The molecule has 2 atom stereocenters. The number of pyridine rings is 1. The molecule has 4 heteroatoms. The van der Waals surface area contributed by atoms with Crippen LogP contribution >= 0.6 is 0 Å². The number of nitrogens with zero attached hydrogens (tertiary/aromatic N) is 1. The lowest BCUT2D eigenvalue weighted by molar-refractivity contribution is 0.0948. The van der Waals surface area contributed by atoms with Crippen molar-refractivity contribution < 1.29 is 9.90 Å². The smallest absolute Gasteiger partial charge is 0.252 e. The van der Waals surface area contributed by atoms with Crippen LogP contribution in [0.5, 0.6) is 0 Å². The molecule has 1 heterocycles. The Labute approximate surface area is 113 Å². The third-order valence-corrected chi connectivity index (χ3v) is 3.27. The fraction of sp³-hybridized carbons (Fsp3) is 0.467. The first kappa shape index (κ1) is 13.6. The van der Waals surface area contributed by atoms with Crippen LogP contribution in [-0.4, -0.2) is 28.6 Å². The summed E-state index contributed by atoms with van der Waals surface area (Å²) >= 11 is 0. The van der Waals surface area contributed by atoms with E-state index in [2.05, 4.69) is 29.1 Å². The second kappa shape index (κ2) is 6.35. The molecule has 1 amide bonds. The molecule has 1 aromatic heterocycles. The van der Waals surface area contributed by atoms with Gasteiger partial charge in [-0.1, -0.05) is 25.2 Å². The molecule has 0 radical (unpaired) electrons. The van der Waals surface area contributed by atoms with E-state index in [0.29, 0.717) is 23.1 Å². The Kier molecular flexibility index (Phi) is 4.53. The number of carbonyl (C=O) groups is 1. The Morgan fingerprint density at radius 3 is 3.21 bits per heavy atom. The summed E-state index contributed by atoms with van der Waals surface area (Å²) in [6.07, 6.45) is 6.52. The van der Waals surface area contributed by atoms with E-state index in [1.54, 1.807) is 18.5 Å². The SMILES string of the molecule is CCCC1CC1NC(=O)c1ccncc1C#CCO. The zero-order chi connectivity index (χ0) is 13.7. The molecule has 0 bridgehead atoms. The van der Waals surface area contributed by atoms with E-state index in [0.717, 1.165) is 12.8 Å². The lowest BCUT2D eigenvalue weighted by Gasteiger charge is -2.06. The normalized spacial score (nSPS) is 20.3. The largest absolute Gasteiger partial charge is 0.384 e. The van der Waals surface area contributed by atoms with Crippen molar-refractivity contribution in [2.24, 2.45) is 5.92 Å². The first-order chi connectivity index (χ1) is 9.26. The van der Waals surface area contributed by atoms with Gasteiger partial charge in [0.15, 0.2) is 0 Å². The predicted molar refractivity (Wildman–Crippen MR) is 72.5 cm³/mol. The first-order valence-electron chi connectivity index (χ1n) is 6.60. The van der Waals surface area contributed by atoms with Gasteiger partial charge in [0.2, 0.25) is 0 Å². The van der Waals surface area contributed by atoms with Crippen LogP contribution in [0.4, 0.5) is 0 Å². The summed E-state index contributed by atoms with van der Waals surface area (Å²) in [6.45, 7) is 1.93. The second-order valence-electron chi connectivity index (χ2n) is 4.75. The average molecular weight is 258 g/mol. The molecule has 0 aromatic carbocycles. The van der Waals surface area contributed by atoms with E-state index in [1.165, 1.54) is 6.42 Å². The molecule has 100 valence electrons. The summed E-state index contributed by atoms with van der Waals surface area (Å²) < 4.78 is 0. The van der Waals surface area contributed by atoms with Gasteiger partial charge in [0, 0.05) is 18.4 Å². The molecule has 1 fully saturated rings. The van der Waals surface area contributed by atoms with E-state index < -0.39 is 0 Å². The van der Waals surface area contributed by atoms with Crippen LogP contribution in [0.3, 0.4) is 0 Å². The summed E-state index contributed by atoms with van der Waals surface area (Å²) in [4.78, 5) is 16.1. The fourth-order valence-electron chi connectivity index (χ4n) is 2.19. The average Bonchev–Trinajstić information content (AvgIpc) is 3.15. The summed E-state index contributed by atoms with van der Waals surface area (Å²) in [7, 11) is 0. The highest BCUT2D eigenvalue weighted by Gasteiger charge is 2.37. The number of hydrogen-bond donors (Lipinski definition) is 2. The van der Waals surface area contributed by atoms with E-state index in [4.69, 9.17) is 5.11 Å². The minimum atomic E-state index is -0.225. The van der Waals surface area contributed by atoms with Crippen molar-refractivity contribution in [2.45, 2.75) is 32.2 Å². The van der Waals surface area contributed by atoms with Crippen LogP contribution in [0.15, 0.2) is 18.5 Å². The highest BCUT2D eigenvalue weighted by atomic mass is 16.2. The Hall–Kier alpha value is -1.86. The lowest BCUT2D eigenvalue weighted by atomic mass is 10.1. The van der Waals surface area contributed by atoms with Crippen LogP contribution in [0.1, 0.15) is 42.1 Å². The van der Waals surface area contributed by atoms with Gasteiger partial charge in [-0.25, -0.2) is 0 Å². The molecule has 1 aliphatic rings. The van der Waals surface area contributed by atoms with Crippen LogP contribution < -0.4 is 5.32 Å². The third kappa shape index (κ3) is 3.55. The monoisotopic (exact) mass is 258 g/mol. The molecular formula is C15H18N2O2. The van der Waals surface area contributed by atoms with Crippen molar-refractivity contribution >= 4 is 5.91 Å². The zero-order valence-corrected chi connectivity index (χ0v) is 11.0. The van der Waals surface area contributed by atoms with Crippen LogP contribution in [0.2, 0.25) is 0 Å². The Balaban J connectivity index is 2.03. The predicted octanol–water partition coefficient (Wildman–Crippen LogP) is 1.34. The van der Waals surface area contributed by atoms with Crippen molar-refractivity contribution in [3.05, 3.63) is 29.6 Å². The summed E-state index contributed by atoms with van der Waals surface area (Å²) in [6, 6.07) is 1.97. The van der Waals surface area contributed by atoms with Gasteiger partial charge in [0.05, 0.1) is 11.1 Å². The molecule has 0 aliphatic heterocycles. The lowest BCUT2D eigenvalue weighted by Crippen LogP contribution is -2.27. The Bertz CT molecular complexity index is 516. The summed E-state index contributed by atoms with van der Waals surface area (Å²) in [5.74, 6) is 5.82. The first-order valence-corrected chi connectivity index (χ1v) is 6.60. The van der Waals surface area contributed by atoms with Gasteiger partial charge >= 0.3 is 0 Å². The molecule has 2 rings (SSSR count). The molecule has 19 heavy (non-hydrogen) atoms. The van der Waals surface area contributed by atoms with Gasteiger partial charge in [0.1, 0.15) is 6.61 Å². The van der Waals surface area contributed by atoms with E-state index >= 15 is 0 Å². The van der Waals surface area contributed by atoms with Crippen LogP contribution in [0, 0.1) is 17.8 Å². The molecular weight excluding hydrogens is 240 g/mol. The minimum absolute atomic E-state index is 0.103. The minimum Gasteiger partial charge on any atom is -0.384 e. The summed E-state index contributed by atoms with van der Waals surface area (Å²) in [5, 5.41) is 11.7. The third-order valence-electron chi connectivity index (χ3n) is 3.27. The maximum atomic E-state index is 12.2. The summed E-state index contributed by atoms with van der Waals surface area (Å²) in [5.41, 5.74) is 1.08.